The minimum absolute atomic E-state index is 0.109. The molecular formula is C11H18O3S. The Kier molecular flexibility index (Phi) is 3.34. The van der Waals surface area contributed by atoms with Crippen molar-refractivity contribution in [2.24, 2.45) is 0 Å². The average Bonchev–Trinajstić information content (AvgIpc) is 2.83. The first-order valence-electron chi connectivity index (χ1n) is 5.69. The van der Waals surface area contributed by atoms with Gasteiger partial charge in [-0.05, 0) is 37.7 Å². The maximum absolute atomic E-state index is 10.9. The van der Waals surface area contributed by atoms with Crippen molar-refractivity contribution in [3.8, 4) is 0 Å². The van der Waals surface area contributed by atoms with Crippen molar-refractivity contribution in [3.63, 3.8) is 0 Å². The molecule has 0 N–H and O–H groups in total. The van der Waals surface area contributed by atoms with Crippen LogP contribution in [0.15, 0.2) is 11.8 Å². The van der Waals surface area contributed by atoms with Gasteiger partial charge in [-0.2, -0.15) is 0 Å². The lowest BCUT2D eigenvalue weighted by Gasteiger charge is -2.13. The van der Waals surface area contributed by atoms with Gasteiger partial charge >= 0.3 is 0 Å². The van der Waals surface area contributed by atoms with Crippen LogP contribution < -0.4 is 0 Å². The fourth-order valence-corrected chi connectivity index (χ4v) is 3.38. The molecule has 0 aromatic carbocycles. The maximum Gasteiger partial charge on any atom is 0.155 e. The highest BCUT2D eigenvalue weighted by Crippen LogP contribution is 2.25. The van der Waals surface area contributed by atoms with Crippen LogP contribution in [0, 0.1) is 0 Å². The van der Waals surface area contributed by atoms with Gasteiger partial charge in [0.1, 0.15) is 0 Å². The molecule has 0 amide bonds. The monoisotopic (exact) mass is 230 g/mol. The fourth-order valence-electron chi connectivity index (χ4n) is 1.98. The highest BCUT2D eigenvalue weighted by atomic mass is 32.2. The summed E-state index contributed by atoms with van der Waals surface area (Å²) >= 11 is 0. The Morgan fingerprint density at radius 2 is 1.93 bits per heavy atom. The molecule has 1 unspecified atom stereocenters. The van der Waals surface area contributed by atoms with Crippen LogP contribution in [0.2, 0.25) is 0 Å². The Morgan fingerprint density at radius 3 is 2.53 bits per heavy atom. The molecule has 0 bridgehead atoms. The molecule has 1 heterocycles. The zero-order valence-electron chi connectivity index (χ0n) is 8.94. The summed E-state index contributed by atoms with van der Waals surface area (Å²) < 4.78 is 27.2. The first kappa shape index (κ1) is 11.0. The molecule has 1 atom stereocenters. The Morgan fingerprint density at radius 1 is 1.27 bits per heavy atom. The lowest BCUT2D eigenvalue weighted by Crippen LogP contribution is -1.98. The number of hydrogen-bond acceptors (Lipinski definition) is 3. The minimum Gasteiger partial charge on any atom is -0.501 e. The topological polar surface area (TPSA) is 43.4 Å². The molecule has 1 aliphatic carbocycles. The standard InChI is InChI=1S/C11H18O3S/c12-15(13)9-11(15)6-7-14-8-10-4-2-1-3-5-10/h8,11H,1-7,9H2. The molecule has 1 saturated carbocycles. The van der Waals surface area contributed by atoms with Crippen LogP contribution in [0.1, 0.15) is 38.5 Å². The maximum atomic E-state index is 10.9. The van der Waals surface area contributed by atoms with Gasteiger partial charge in [-0.3, -0.25) is 0 Å². The first-order chi connectivity index (χ1) is 7.18. The van der Waals surface area contributed by atoms with Crippen LogP contribution >= 0.6 is 0 Å². The minimum atomic E-state index is -2.66. The summed E-state index contributed by atoms with van der Waals surface area (Å²) in [5, 5.41) is -0.109. The largest absolute Gasteiger partial charge is 0.501 e. The zero-order chi connectivity index (χ0) is 10.7. The van der Waals surface area contributed by atoms with Gasteiger partial charge in [-0.25, -0.2) is 8.42 Å². The zero-order valence-corrected chi connectivity index (χ0v) is 9.76. The quantitative estimate of drug-likeness (QED) is 0.422. The second-order valence-corrected chi connectivity index (χ2v) is 6.77. The summed E-state index contributed by atoms with van der Waals surface area (Å²) in [6.07, 6.45) is 8.69. The molecule has 0 radical (unpaired) electrons. The van der Waals surface area contributed by atoms with Crippen molar-refractivity contribution in [2.45, 2.75) is 43.8 Å². The Balaban J connectivity index is 1.62. The normalized spacial score (nSPS) is 28.5. The Bertz CT molecular complexity index is 335. The van der Waals surface area contributed by atoms with Gasteiger partial charge in [0.15, 0.2) is 9.84 Å². The molecule has 1 saturated heterocycles. The summed E-state index contributed by atoms with van der Waals surface area (Å²) in [6.45, 7) is 0.549. The molecule has 0 aromatic rings. The second-order valence-electron chi connectivity index (χ2n) is 4.45. The van der Waals surface area contributed by atoms with Gasteiger partial charge in [0.05, 0.1) is 23.9 Å². The number of ether oxygens (including phenoxy) is 1. The summed E-state index contributed by atoms with van der Waals surface area (Å²) in [5.41, 5.74) is 1.39. The van der Waals surface area contributed by atoms with Crippen molar-refractivity contribution in [1.29, 1.82) is 0 Å². The van der Waals surface area contributed by atoms with E-state index in [1.54, 1.807) is 0 Å². The van der Waals surface area contributed by atoms with Crippen LogP contribution in [-0.4, -0.2) is 26.0 Å². The van der Waals surface area contributed by atoms with Crippen LogP contribution in [0.25, 0.3) is 0 Å². The number of allylic oxidation sites excluding steroid dienone is 1. The molecule has 0 spiro atoms. The summed E-state index contributed by atoms with van der Waals surface area (Å²) in [4.78, 5) is 0. The van der Waals surface area contributed by atoms with Gasteiger partial charge in [0.2, 0.25) is 0 Å². The third kappa shape index (κ3) is 3.23. The number of rotatable bonds is 4. The van der Waals surface area contributed by atoms with Crippen molar-refractivity contribution in [2.75, 3.05) is 12.4 Å². The van der Waals surface area contributed by atoms with E-state index in [9.17, 15) is 8.42 Å². The second kappa shape index (κ2) is 4.56. The third-order valence-corrected chi connectivity index (χ3v) is 4.97. The van der Waals surface area contributed by atoms with E-state index in [1.165, 1.54) is 24.8 Å². The molecule has 4 heteroatoms. The lowest BCUT2D eigenvalue weighted by molar-refractivity contribution is 0.241. The molecule has 15 heavy (non-hydrogen) atoms. The van der Waals surface area contributed by atoms with E-state index in [0.717, 1.165) is 12.8 Å². The fraction of sp³-hybridized carbons (Fsp3) is 0.818. The molecule has 1 aliphatic heterocycles. The molecule has 3 nitrogen and oxygen atoms in total. The highest BCUT2D eigenvalue weighted by molar-refractivity contribution is 7.99. The van der Waals surface area contributed by atoms with Crippen molar-refractivity contribution in [1.82, 2.24) is 0 Å². The molecule has 86 valence electrons. The van der Waals surface area contributed by atoms with E-state index in [1.807, 2.05) is 6.26 Å². The number of hydrogen-bond donors (Lipinski definition) is 0. The molecule has 0 aromatic heterocycles. The van der Waals surface area contributed by atoms with Crippen molar-refractivity contribution in [3.05, 3.63) is 11.8 Å². The van der Waals surface area contributed by atoms with E-state index in [4.69, 9.17) is 4.74 Å². The van der Waals surface area contributed by atoms with E-state index in [2.05, 4.69) is 0 Å². The van der Waals surface area contributed by atoms with Crippen molar-refractivity contribution >= 4 is 9.84 Å². The van der Waals surface area contributed by atoms with Crippen molar-refractivity contribution < 1.29 is 13.2 Å². The predicted octanol–water partition coefficient (Wildman–Crippen LogP) is 2.04. The van der Waals surface area contributed by atoms with Crippen LogP contribution in [-0.2, 0) is 14.6 Å². The van der Waals surface area contributed by atoms with Crippen LogP contribution in [0.3, 0.4) is 0 Å². The van der Waals surface area contributed by atoms with Gasteiger partial charge in [0, 0.05) is 0 Å². The van der Waals surface area contributed by atoms with Gasteiger partial charge in [-0.1, -0.05) is 6.42 Å². The molecule has 2 fully saturated rings. The van der Waals surface area contributed by atoms with E-state index >= 15 is 0 Å². The third-order valence-electron chi connectivity index (χ3n) is 3.11. The van der Waals surface area contributed by atoms with Gasteiger partial charge < -0.3 is 4.74 Å². The lowest BCUT2D eigenvalue weighted by atomic mass is 9.96. The van der Waals surface area contributed by atoms with E-state index in [-0.39, 0.29) is 5.25 Å². The molecular weight excluding hydrogens is 212 g/mol. The Hall–Kier alpha value is -0.510. The van der Waals surface area contributed by atoms with Gasteiger partial charge in [0.25, 0.3) is 0 Å². The predicted molar refractivity (Wildman–Crippen MR) is 59.3 cm³/mol. The smallest absolute Gasteiger partial charge is 0.155 e. The SMILES string of the molecule is O=S1(=O)CC1CCOC=C1CCCCC1. The van der Waals surface area contributed by atoms with Gasteiger partial charge in [-0.15, -0.1) is 0 Å². The Labute approximate surface area is 91.4 Å². The first-order valence-corrected chi connectivity index (χ1v) is 7.41. The number of sulfone groups is 1. The van der Waals surface area contributed by atoms with Crippen LogP contribution in [0.5, 0.6) is 0 Å². The van der Waals surface area contributed by atoms with E-state index in [0.29, 0.717) is 18.8 Å². The molecule has 2 rings (SSSR count). The summed E-state index contributed by atoms with van der Waals surface area (Å²) in [5.74, 6) is 0.368. The highest BCUT2D eigenvalue weighted by Gasteiger charge is 2.42. The van der Waals surface area contributed by atoms with E-state index < -0.39 is 9.84 Å². The average molecular weight is 230 g/mol. The van der Waals surface area contributed by atoms with Crippen LogP contribution in [0.4, 0.5) is 0 Å². The summed E-state index contributed by atoms with van der Waals surface area (Å²) in [7, 11) is -2.66. The summed E-state index contributed by atoms with van der Waals surface area (Å²) in [6, 6.07) is 0. The molecule has 2 aliphatic rings.